The predicted molar refractivity (Wildman–Crippen MR) is 245 cm³/mol. The van der Waals surface area contributed by atoms with E-state index in [4.69, 9.17) is 4.74 Å². The van der Waals surface area contributed by atoms with Gasteiger partial charge in [0, 0.05) is 19.0 Å². The third-order valence-corrected chi connectivity index (χ3v) is 11.9. The molecule has 0 bridgehead atoms. The standard InChI is InChI=1S/C50H81BN3O4/c1-3-5-7-9-11-13-15-17-19-21-23-25-27-33-39-52-48(55)47(51-49(56)53-40-34-28-26-24-22-20-18-16-14-12-10-8-6-4-2)54-50(57)58-41-46-44-37-31-29-35-42(44)43-36-30-32-38-45(43)46/h29-32,35-38,46-47H,3-28,33-34,39-41H2,1-2H3,(H,52,55)(H,53,56)(H,54,57)/t47-/m1/s1. The number of hydrogen-bond donors (Lipinski definition) is 3. The number of benzene rings is 2. The van der Waals surface area contributed by atoms with Crippen LogP contribution in [0.3, 0.4) is 0 Å². The van der Waals surface area contributed by atoms with Gasteiger partial charge in [-0.15, -0.1) is 0 Å². The molecular formula is C50H81BN3O4. The Labute approximate surface area is 355 Å². The second-order valence-electron chi connectivity index (χ2n) is 16.9. The molecule has 0 heterocycles. The molecule has 2 aromatic carbocycles. The first kappa shape index (κ1) is 49.1. The van der Waals surface area contributed by atoms with Crippen molar-refractivity contribution in [2.45, 2.75) is 205 Å². The summed E-state index contributed by atoms with van der Waals surface area (Å²) < 4.78 is 5.74. The van der Waals surface area contributed by atoms with Crippen molar-refractivity contribution in [3.05, 3.63) is 59.7 Å². The molecule has 3 amide bonds. The molecule has 0 saturated carbocycles. The lowest BCUT2D eigenvalue weighted by atomic mass is 9.68. The Morgan fingerprint density at radius 3 is 1.29 bits per heavy atom. The molecule has 58 heavy (non-hydrogen) atoms. The zero-order valence-corrected chi connectivity index (χ0v) is 36.9. The molecule has 3 rings (SSSR count). The van der Waals surface area contributed by atoms with Crippen LogP contribution in [0.15, 0.2) is 48.5 Å². The van der Waals surface area contributed by atoms with Crippen molar-refractivity contribution in [3.8, 4) is 11.1 Å². The third-order valence-electron chi connectivity index (χ3n) is 11.9. The van der Waals surface area contributed by atoms with Gasteiger partial charge in [0.2, 0.25) is 5.91 Å². The van der Waals surface area contributed by atoms with Crippen LogP contribution in [0.4, 0.5) is 9.59 Å². The van der Waals surface area contributed by atoms with Crippen LogP contribution in [0.5, 0.6) is 0 Å². The molecular weight excluding hydrogens is 717 g/mol. The van der Waals surface area contributed by atoms with Crippen molar-refractivity contribution in [2.24, 2.45) is 0 Å². The van der Waals surface area contributed by atoms with E-state index in [0.717, 1.165) is 54.4 Å². The first-order valence-corrected chi connectivity index (χ1v) is 24.1. The van der Waals surface area contributed by atoms with E-state index in [0.29, 0.717) is 13.1 Å². The van der Waals surface area contributed by atoms with Gasteiger partial charge in [0.1, 0.15) is 6.61 Å². The summed E-state index contributed by atoms with van der Waals surface area (Å²) in [5, 5.41) is 8.59. The van der Waals surface area contributed by atoms with Crippen LogP contribution in [0.1, 0.15) is 211 Å². The second kappa shape index (κ2) is 32.6. The Morgan fingerprint density at radius 2 is 0.879 bits per heavy atom. The van der Waals surface area contributed by atoms with Crippen LogP contribution in [0.25, 0.3) is 11.1 Å². The number of unbranched alkanes of at least 4 members (excludes halogenated alkanes) is 26. The average molecular weight is 799 g/mol. The van der Waals surface area contributed by atoms with Crippen LogP contribution in [-0.4, -0.2) is 50.7 Å². The highest BCUT2D eigenvalue weighted by Gasteiger charge is 2.30. The normalized spacial score (nSPS) is 12.4. The lowest BCUT2D eigenvalue weighted by Gasteiger charge is -2.19. The lowest BCUT2D eigenvalue weighted by molar-refractivity contribution is -0.121. The van der Waals surface area contributed by atoms with Gasteiger partial charge in [-0.2, -0.15) is 0 Å². The van der Waals surface area contributed by atoms with Crippen LogP contribution in [0, 0.1) is 0 Å². The van der Waals surface area contributed by atoms with Crippen molar-refractivity contribution in [3.63, 3.8) is 0 Å². The number of amides is 3. The van der Waals surface area contributed by atoms with Crippen molar-refractivity contribution < 1.29 is 19.1 Å². The topological polar surface area (TPSA) is 96.5 Å². The molecule has 1 aliphatic carbocycles. The zero-order valence-electron chi connectivity index (χ0n) is 36.9. The minimum Gasteiger partial charge on any atom is -0.449 e. The van der Waals surface area contributed by atoms with Crippen LogP contribution >= 0.6 is 0 Å². The molecule has 1 radical (unpaired) electrons. The molecule has 3 N–H and O–H groups in total. The Bertz CT molecular complexity index is 1340. The van der Waals surface area contributed by atoms with Gasteiger partial charge >= 0.3 is 6.09 Å². The first-order valence-electron chi connectivity index (χ1n) is 24.1. The summed E-state index contributed by atoms with van der Waals surface area (Å²) in [6.45, 7) is 5.73. The number of ether oxygens (including phenoxy) is 1. The predicted octanol–water partition coefficient (Wildman–Crippen LogP) is 13.3. The lowest BCUT2D eigenvalue weighted by Crippen LogP contribution is -2.54. The number of nitrogens with one attached hydrogen (secondary N) is 3. The molecule has 8 heteroatoms. The van der Waals surface area contributed by atoms with E-state index >= 15 is 0 Å². The van der Waals surface area contributed by atoms with Crippen molar-refractivity contribution in [2.75, 3.05) is 19.7 Å². The Hall–Kier alpha value is -3.29. The summed E-state index contributed by atoms with van der Waals surface area (Å²) in [6, 6.07) is 16.4. The van der Waals surface area contributed by atoms with E-state index < -0.39 is 17.9 Å². The minimum absolute atomic E-state index is 0.0943. The van der Waals surface area contributed by atoms with E-state index in [1.165, 1.54) is 155 Å². The maximum absolute atomic E-state index is 13.4. The molecule has 0 aromatic heterocycles. The molecule has 1 atom stereocenters. The van der Waals surface area contributed by atoms with Gasteiger partial charge in [0.25, 0.3) is 7.28 Å². The van der Waals surface area contributed by atoms with E-state index in [9.17, 15) is 14.4 Å². The number of carbonyl (C=O) groups excluding carboxylic acids is 3. The van der Waals surface area contributed by atoms with Gasteiger partial charge in [0.15, 0.2) is 5.81 Å². The highest BCUT2D eigenvalue weighted by atomic mass is 16.5. The van der Waals surface area contributed by atoms with E-state index in [1.807, 2.05) is 24.3 Å². The molecule has 1 aliphatic rings. The van der Waals surface area contributed by atoms with Gasteiger partial charge in [-0.3, -0.25) is 9.59 Å². The Morgan fingerprint density at radius 1 is 0.517 bits per heavy atom. The van der Waals surface area contributed by atoms with Crippen molar-refractivity contribution >= 4 is 25.1 Å². The smallest absolute Gasteiger partial charge is 0.407 e. The molecule has 323 valence electrons. The molecule has 0 fully saturated rings. The monoisotopic (exact) mass is 799 g/mol. The average Bonchev–Trinajstić information content (AvgIpc) is 3.55. The molecule has 0 aliphatic heterocycles. The SMILES string of the molecule is CCCCCCCCCCCCCCCCNC(=O)[B][C@H](NC(=O)OCC1c2ccccc2-c2ccccc21)C(=O)NCCCCCCCCCCCCCCCC. The van der Waals surface area contributed by atoms with Crippen molar-refractivity contribution in [1.82, 2.24) is 16.0 Å². The van der Waals surface area contributed by atoms with Crippen LogP contribution in [0.2, 0.25) is 0 Å². The number of hydrogen-bond acceptors (Lipinski definition) is 4. The highest BCUT2D eigenvalue weighted by Crippen LogP contribution is 2.44. The summed E-state index contributed by atoms with van der Waals surface area (Å²) in [5.74, 6) is -1.97. The third kappa shape index (κ3) is 21.1. The zero-order chi connectivity index (χ0) is 41.3. The number of fused-ring (bicyclic) bond motifs is 3. The molecule has 0 spiro atoms. The fourth-order valence-corrected chi connectivity index (χ4v) is 8.33. The van der Waals surface area contributed by atoms with E-state index in [-0.39, 0.29) is 18.3 Å². The fourth-order valence-electron chi connectivity index (χ4n) is 8.33. The van der Waals surface area contributed by atoms with Crippen LogP contribution < -0.4 is 16.0 Å². The van der Waals surface area contributed by atoms with Gasteiger partial charge in [-0.25, -0.2) is 4.79 Å². The minimum atomic E-state index is -1.13. The molecule has 0 saturated heterocycles. The number of alkyl carbamates (subject to hydrolysis) is 1. The Balaban J connectivity index is 1.34. The molecule has 2 aromatic rings. The van der Waals surface area contributed by atoms with Gasteiger partial charge in [-0.05, 0) is 35.1 Å². The second-order valence-corrected chi connectivity index (χ2v) is 16.9. The molecule has 0 unspecified atom stereocenters. The maximum atomic E-state index is 13.4. The van der Waals surface area contributed by atoms with Gasteiger partial charge in [-0.1, -0.05) is 229 Å². The van der Waals surface area contributed by atoms with Crippen LogP contribution in [-0.2, 0) is 9.53 Å². The first-order chi connectivity index (χ1) is 28.5. The highest BCUT2D eigenvalue weighted by molar-refractivity contribution is 6.77. The summed E-state index contributed by atoms with van der Waals surface area (Å²) >= 11 is 0. The maximum Gasteiger partial charge on any atom is 0.407 e. The number of carbonyl (C=O) groups is 3. The summed E-state index contributed by atoms with van der Waals surface area (Å²) in [7, 11) is 1.28. The van der Waals surface area contributed by atoms with E-state index in [2.05, 4.69) is 54.1 Å². The summed E-state index contributed by atoms with van der Waals surface area (Å²) in [6.07, 6.45) is 35.0. The largest absolute Gasteiger partial charge is 0.449 e. The Kier molecular flexibility index (Phi) is 27.5. The molecule has 7 nitrogen and oxygen atoms in total. The fraction of sp³-hybridized carbons (Fsp3) is 0.700. The number of rotatable bonds is 36. The van der Waals surface area contributed by atoms with Gasteiger partial charge in [0.05, 0.1) is 5.94 Å². The van der Waals surface area contributed by atoms with E-state index in [1.54, 1.807) is 0 Å². The summed E-state index contributed by atoms with van der Waals surface area (Å²) in [5.41, 5.74) is 4.54. The quantitative estimate of drug-likeness (QED) is 0.0472. The van der Waals surface area contributed by atoms with Crippen molar-refractivity contribution in [1.29, 1.82) is 0 Å². The summed E-state index contributed by atoms with van der Waals surface area (Å²) in [4.78, 5) is 39.5. The van der Waals surface area contributed by atoms with Gasteiger partial charge < -0.3 is 20.7 Å².